The Bertz CT molecular complexity index is 440. The lowest BCUT2D eigenvalue weighted by Crippen LogP contribution is -2.02. The third-order valence-electron chi connectivity index (χ3n) is 1.72. The average Bonchev–Trinajstić information content (AvgIpc) is 2.20. The standard InChI is InChI=1S/C9H8N2O3S/c1-14-7-3-6(11)8(15-4-10)2-5(7)9(12)13/h2-3H,11H2,1H3,(H,12,13). The number of ether oxygens (including phenoxy) is 1. The summed E-state index contributed by atoms with van der Waals surface area (Å²) >= 11 is 0.814. The molecular formula is C9H8N2O3S. The van der Waals surface area contributed by atoms with Crippen LogP contribution in [0.1, 0.15) is 10.4 Å². The lowest BCUT2D eigenvalue weighted by atomic mass is 10.2. The molecule has 0 bridgehead atoms. The number of nitrogens with zero attached hydrogens (tertiary/aromatic N) is 1. The van der Waals surface area contributed by atoms with E-state index in [4.69, 9.17) is 20.8 Å². The number of rotatable bonds is 3. The van der Waals surface area contributed by atoms with Gasteiger partial charge in [0.05, 0.1) is 12.8 Å². The van der Waals surface area contributed by atoms with E-state index in [1.165, 1.54) is 19.2 Å². The van der Waals surface area contributed by atoms with E-state index in [1.807, 2.05) is 5.40 Å². The van der Waals surface area contributed by atoms with Crippen LogP contribution in [0, 0.1) is 10.7 Å². The zero-order valence-corrected chi connectivity index (χ0v) is 8.67. The van der Waals surface area contributed by atoms with Gasteiger partial charge in [-0.15, -0.1) is 0 Å². The number of hydrogen-bond acceptors (Lipinski definition) is 5. The van der Waals surface area contributed by atoms with Crippen LogP contribution in [-0.4, -0.2) is 18.2 Å². The van der Waals surface area contributed by atoms with Crippen molar-refractivity contribution in [3.05, 3.63) is 17.7 Å². The molecule has 0 fully saturated rings. The van der Waals surface area contributed by atoms with Crippen LogP contribution < -0.4 is 10.5 Å². The summed E-state index contributed by atoms with van der Waals surface area (Å²) in [6.45, 7) is 0. The Morgan fingerprint density at radius 2 is 2.33 bits per heavy atom. The quantitative estimate of drug-likeness (QED) is 0.459. The summed E-state index contributed by atoms with van der Waals surface area (Å²) in [7, 11) is 1.36. The number of thioether (sulfide) groups is 1. The fourth-order valence-corrected chi connectivity index (χ4v) is 1.50. The summed E-state index contributed by atoms with van der Waals surface area (Å²) in [5.74, 6) is -0.936. The molecule has 5 nitrogen and oxygen atoms in total. The molecule has 0 saturated carbocycles. The summed E-state index contributed by atoms with van der Waals surface area (Å²) in [6.07, 6.45) is 0. The molecule has 0 radical (unpaired) electrons. The Labute approximate surface area is 90.5 Å². The first-order valence-corrected chi connectivity index (χ1v) is 4.68. The van der Waals surface area contributed by atoms with E-state index >= 15 is 0 Å². The van der Waals surface area contributed by atoms with Gasteiger partial charge in [-0.2, -0.15) is 5.26 Å². The van der Waals surface area contributed by atoms with Gasteiger partial charge in [0, 0.05) is 11.0 Å². The molecule has 0 saturated heterocycles. The molecule has 78 valence electrons. The van der Waals surface area contributed by atoms with E-state index in [0.717, 1.165) is 11.8 Å². The average molecular weight is 224 g/mol. The Morgan fingerprint density at radius 3 is 2.80 bits per heavy atom. The number of methoxy groups -OCH3 is 1. The Balaban J connectivity index is 3.31. The van der Waals surface area contributed by atoms with Crippen LogP contribution in [0.4, 0.5) is 5.69 Å². The zero-order chi connectivity index (χ0) is 11.4. The van der Waals surface area contributed by atoms with Crippen molar-refractivity contribution in [1.29, 1.82) is 5.26 Å². The van der Waals surface area contributed by atoms with Crippen molar-refractivity contribution in [3.63, 3.8) is 0 Å². The van der Waals surface area contributed by atoms with E-state index in [9.17, 15) is 4.79 Å². The highest BCUT2D eigenvalue weighted by atomic mass is 32.2. The molecule has 0 aliphatic rings. The van der Waals surface area contributed by atoms with Crippen LogP contribution in [0.2, 0.25) is 0 Å². The number of hydrogen-bond donors (Lipinski definition) is 2. The predicted molar refractivity (Wildman–Crippen MR) is 55.8 cm³/mol. The Hall–Kier alpha value is -1.87. The van der Waals surface area contributed by atoms with Crippen LogP contribution in [0.15, 0.2) is 17.0 Å². The number of nitrogens with two attached hydrogens (primary N) is 1. The second-order valence-electron chi connectivity index (χ2n) is 2.59. The van der Waals surface area contributed by atoms with E-state index < -0.39 is 5.97 Å². The molecule has 0 aliphatic carbocycles. The molecule has 1 aromatic carbocycles. The van der Waals surface area contributed by atoms with Gasteiger partial charge in [-0.1, -0.05) is 0 Å². The second-order valence-corrected chi connectivity index (χ2v) is 3.42. The largest absolute Gasteiger partial charge is 0.496 e. The number of nitrogen functional groups attached to an aromatic ring is 1. The monoisotopic (exact) mass is 224 g/mol. The SMILES string of the molecule is COc1cc(N)c(SC#N)cc1C(=O)O. The number of aromatic carboxylic acids is 1. The molecule has 3 N–H and O–H groups in total. The molecule has 0 heterocycles. The number of thiocyanates is 1. The zero-order valence-electron chi connectivity index (χ0n) is 7.85. The van der Waals surface area contributed by atoms with Gasteiger partial charge in [-0.3, -0.25) is 0 Å². The van der Waals surface area contributed by atoms with Crippen molar-refractivity contribution in [1.82, 2.24) is 0 Å². The molecule has 1 rings (SSSR count). The second kappa shape index (κ2) is 4.57. The highest BCUT2D eigenvalue weighted by Gasteiger charge is 2.14. The van der Waals surface area contributed by atoms with Crippen molar-refractivity contribution < 1.29 is 14.6 Å². The third-order valence-corrected chi connectivity index (χ3v) is 2.38. The van der Waals surface area contributed by atoms with Crippen LogP contribution in [0.5, 0.6) is 5.75 Å². The first kappa shape index (κ1) is 11.2. The first-order valence-electron chi connectivity index (χ1n) is 3.87. The summed E-state index contributed by atoms with van der Waals surface area (Å²) in [5.41, 5.74) is 5.92. The number of anilines is 1. The minimum Gasteiger partial charge on any atom is -0.496 e. The number of carboxylic acids is 1. The fraction of sp³-hybridized carbons (Fsp3) is 0.111. The topological polar surface area (TPSA) is 96.3 Å². The van der Waals surface area contributed by atoms with E-state index in [-0.39, 0.29) is 11.3 Å². The molecule has 0 amide bonds. The summed E-state index contributed by atoms with van der Waals surface area (Å²) in [4.78, 5) is 11.2. The highest BCUT2D eigenvalue weighted by molar-refractivity contribution is 8.03. The van der Waals surface area contributed by atoms with E-state index in [2.05, 4.69) is 0 Å². The van der Waals surface area contributed by atoms with Crippen LogP contribution in [-0.2, 0) is 0 Å². The minimum absolute atomic E-state index is 0.00977. The lowest BCUT2D eigenvalue weighted by Gasteiger charge is -2.08. The Morgan fingerprint density at radius 1 is 1.67 bits per heavy atom. The van der Waals surface area contributed by atoms with Crippen LogP contribution >= 0.6 is 11.8 Å². The molecule has 0 aromatic heterocycles. The Kier molecular flexibility index (Phi) is 3.42. The van der Waals surface area contributed by atoms with Crippen LogP contribution in [0.25, 0.3) is 0 Å². The molecule has 0 spiro atoms. The highest BCUT2D eigenvalue weighted by Crippen LogP contribution is 2.31. The van der Waals surface area contributed by atoms with E-state index in [0.29, 0.717) is 10.6 Å². The minimum atomic E-state index is -1.12. The third kappa shape index (κ3) is 2.33. The number of carbonyl (C=O) groups is 1. The van der Waals surface area contributed by atoms with Crippen molar-refractivity contribution >= 4 is 23.4 Å². The fourth-order valence-electron chi connectivity index (χ4n) is 1.05. The normalized spacial score (nSPS) is 9.33. The van der Waals surface area contributed by atoms with E-state index in [1.54, 1.807) is 0 Å². The molecular weight excluding hydrogens is 216 g/mol. The summed E-state index contributed by atoms with van der Waals surface area (Å²) in [5, 5.41) is 19.2. The molecule has 0 atom stereocenters. The van der Waals surface area contributed by atoms with Gasteiger partial charge in [-0.05, 0) is 17.8 Å². The van der Waals surface area contributed by atoms with Gasteiger partial charge in [0.25, 0.3) is 0 Å². The molecule has 0 aliphatic heterocycles. The van der Waals surface area contributed by atoms with Gasteiger partial charge in [-0.25, -0.2) is 4.79 Å². The van der Waals surface area contributed by atoms with Crippen molar-refractivity contribution in [3.8, 4) is 11.2 Å². The van der Waals surface area contributed by atoms with Gasteiger partial charge < -0.3 is 15.6 Å². The molecule has 6 heteroatoms. The summed E-state index contributed by atoms with van der Waals surface area (Å²) in [6, 6.07) is 2.72. The van der Waals surface area contributed by atoms with Gasteiger partial charge >= 0.3 is 5.97 Å². The summed E-state index contributed by atoms with van der Waals surface area (Å²) < 4.78 is 4.87. The van der Waals surface area contributed by atoms with Gasteiger partial charge in [0.15, 0.2) is 0 Å². The predicted octanol–water partition coefficient (Wildman–Crippen LogP) is 1.55. The maximum Gasteiger partial charge on any atom is 0.339 e. The van der Waals surface area contributed by atoms with Gasteiger partial charge in [0.1, 0.15) is 16.7 Å². The molecule has 1 aromatic rings. The lowest BCUT2D eigenvalue weighted by molar-refractivity contribution is 0.0693. The number of carboxylic acid groups (broad SMARTS) is 1. The number of nitriles is 1. The maximum atomic E-state index is 10.8. The van der Waals surface area contributed by atoms with Crippen molar-refractivity contribution in [2.45, 2.75) is 4.90 Å². The van der Waals surface area contributed by atoms with Crippen molar-refractivity contribution in [2.75, 3.05) is 12.8 Å². The smallest absolute Gasteiger partial charge is 0.339 e. The number of benzene rings is 1. The maximum absolute atomic E-state index is 10.8. The molecule has 15 heavy (non-hydrogen) atoms. The van der Waals surface area contributed by atoms with Crippen LogP contribution in [0.3, 0.4) is 0 Å². The first-order chi connectivity index (χ1) is 7.10. The van der Waals surface area contributed by atoms with Crippen molar-refractivity contribution in [2.24, 2.45) is 0 Å². The molecule has 0 unspecified atom stereocenters. The van der Waals surface area contributed by atoms with Gasteiger partial charge in [0.2, 0.25) is 0 Å².